The van der Waals surface area contributed by atoms with Gasteiger partial charge in [0.15, 0.2) is 0 Å². The highest BCUT2D eigenvalue weighted by Crippen LogP contribution is 2.32. The molecule has 2 rings (SSSR count). The second-order valence-electron chi connectivity index (χ2n) is 5.63. The van der Waals surface area contributed by atoms with Crippen LogP contribution in [-0.4, -0.2) is 16.8 Å². The minimum absolute atomic E-state index is 0.147. The second kappa shape index (κ2) is 6.75. The molecular weight excluding hydrogens is 326 g/mol. The maximum Gasteiger partial charge on any atom is 0.0762 e. The van der Waals surface area contributed by atoms with E-state index in [1.165, 1.54) is 27.9 Å². The van der Waals surface area contributed by atoms with Crippen LogP contribution in [0.15, 0.2) is 22.8 Å². The van der Waals surface area contributed by atoms with Crippen molar-refractivity contribution in [1.29, 1.82) is 0 Å². The standard InChI is InChI=1S/C17H24BrN3/c1-6-7-21-17(14(18)10-20-21)16(19-5)15-12(3)8-11(2)9-13(15)4/h8-10,16,19H,6-7H2,1-5H3. The van der Waals surface area contributed by atoms with Crippen molar-refractivity contribution in [2.24, 2.45) is 0 Å². The molecule has 2 aromatic rings. The lowest BCUT2D eigenvalue weighted by Crippen LogP contribution is -2.24. The van der Waals surface area contributed by atoms with E-state index in [1.54, 1.807) is 0 Å². The molecule has 0 aliphatic rings. The Morgan fingerprint density at radius 3 is 2.38 bits per heavy atom. The van der Waals surface area contributed by atoms with Crippen molar-refractivity contribution in [3.05, 3.63) is 50.8 Å². The molecule has 1 aromatic heterocycles. The highest BCUT2D eigenvalue weighted by Gasteiger charge is 2.23. The number of rotatable bonds is 5. The summed E-state index contributed by atoms with van der Waals surface area (Å²) in [6.07, 6.45) is 2.97. The molecule has 0 spiro atoms. The zero-order valence-electron chi connectivity index (χ0n) is 13.5. The Kier molecular flexibility index (Phi) is 5.22. The summed E-state index contributed by atoms with van der Waals surface area (Å²) in [6, 6.07) is 4.65. The first-order chi connectivity index (χ1) is 9.99. The lowest BCUT2D eigenvalue weighted by atomic mass is 9.92. The maximum absolute atomic E-state index is 4.51. The first-order valence-electron chi connectivity index (χ1n) is 7.45. The number of aryl methyl sites for hydroxylation is 4. The van der Waals surface area contributed by atoms with Gasteiger partial charge in [-0.15, -0.1) is 0 Å². The van der Waals surface area contributed by atoms with Crippen LogP contribution in [0, 0.1) is 20.8 Å². The Balaban J connectivity index is 2.58. The van der Waals surface area contributed by atoms with Gasteiger partial charge in [-0.05, 0) is 66.9 Å². The van der Waals surface area contributed by atoms with Crippen molar-refractivity contribution < 1.29 is 0 Å². The number of nitrogens with one attached hydrogen (secondary N) is 1. The van der Waals surface area contributed by atoms with E-state index >= 15 is 0 Å². The molecule has 21 heavy (non-hydrogen) atoms. The molecule has 0 amide bonds. The van der Waals surface area contributed by atoms with Crippen LogP contribution in [0.5, 0.6) is 0 Å². The summed E-state index contributed by atoms with van der Waals surface area (Å²) >= 11 is 3.67. The lowest BCUT2D eigenvalue weighted by molar-refractivity contribution is 0.531. The van der Waals surface area contributed by atoms with Crippen LogP contribution in [0.3, 0.4) is 0 Å². The van der Waals surface area contributed by atoms with E-state index in [-0.39, 0.29) is 6.04 Å². The monoisotopic (exact) mass is 349 g/mol. The Labute approximate surface area is 135 Å². The van der Waals surface area contributed by atoms with Gasteiger partial charge in [0.25, 0.3) is 0 Å². The van der Waals surface area contributed by atoms with Gasteiger partial charge in [-0.3, -0.25) is 4.68 Å². The SMILES string of the molecule is CCCn1ncc(Br)c1C(NC)c1c(C)cc(C)cc1C. The Morgan fingerprint density at radius 2 is 1.86 bits per heavy atom. The van der Waals surface area contributed by atoms with E-state index in [1.807, 2.05) is 13.2 Å². The second-order valence-corrected chi connectivity index (χ2v) is 6.49. The molecule has 0 fully saturated rings. The van der Waals surface area contributed by atoms with Crippen LogP contribution in [0.2, 0.25) is 0 Å². The van der Waals surface area contributed by atoms with Crippen molar-refractivity contribution in [3.8, 4) is 0 Å². The van der Waals surface area contributed by atoms with E-state index in [0.29, 0.717) is 0 Å². The van der Waals surface area contributed by atoms with Gasteiger partial charge in [0.1, 0.15) is 0 Å². The fraction of sp³-hybridized carbons (Fsp3) is 0.471. The smallest absolute Gasteiger partial charge is 0.0762 e. The molecule has 0 bridgehead atoms. The predicted molar refractivity (Wildman–Crippen MR) is 91.8 cm³/mol. The third kappa shape index (κ3) is 3.22. The summed E-state index contributed by atoms with van der Waals surface area (Å²) in [5.74, 6) is 0. The third-order valence-corrected chi connectivity index (χ3v) is 4.47. The van der Waals surface area contributed by atoms with Crippen LogP contribution < -0.4 is 5.32 Å². The number of hydrogen-bond acceptors (Lipinski definition) is 2. The summed E-state index contributed by atoms with van der Waals surface area (Å²) in [5.41, 5.74) is 6.51. The highest BCUT2D eigenvalue weighted by molar-refractivity contribution is 9.10. The van der Waals surface area contributed by atoms with Crippen LogP contribution in [0.1, 0.15) is 47.3 Å². The van der Waals surface area contributed by atoms with Gasteiger partial charge >= 0.3 is 0 Å². The van der Waals surface area contributed by atoms with Crippen LogP contribution in [0.4, 0.5) is 0 Å². The van der Waals surface area contributed by atoms with E-state index in [2.05, 4.69) is 70.9 Å². The minimum Gasteiger partial charge on any atom is -0.308 e. The van der Waals surface area contributed by atoms with Crippen LogP contribution >= 0.6 is 15.9 Å². The number of nitrogens with zero attached hydrogens (tertiary/aromatic N) is 2. The molecule has 3 nitrogen and oxygen atoms in total. The molecule has 0 saturated heterocycles. The summed E-state index contributed by atoms with van der Waals surface area (Å²) in [4.78, 5) is 0. The van der Waals surface area contributed by atoms with Gasteiger partial charge in [0, 0.05) is 6.54 Å². The van der Waals surface area contributed by atoms with Crippen molar-refractivity contribution in [2.75, 3.05) is 7.05 Å². The summed E-state index contributed by atoms with van der Waals surface area (Å²) in [6.45, 7) is 9.64. The third-order valence-electron chi connectivity index (χ3n) is 3.86. The highest BCUT2D eigenvalue weighted by atomic mass is 79.9. The van der Waals surface area contributed by atoms with Gasteiger partial charge in [-0.1, -0.05) is 24.6 Å². The normalized spacial score (nSPS) is 12.7. The molecule has 114 valence electrons. The first kappa shape index (κ1) is 16.2. The molecule has 0 radical (unpaired) electrons. The van der Waals surface area contributed by atoms with Gasteiger partial charge in [-0.2, -0.15) is 5.10 Å². The van der Waals surface area contributed by atoms with E-state index in [9.17, 15) is 0 Å². The Morgan fingerprint density at radius 1 is 1.24 bits per heavy atom. The topological polar surface area (TPSA) is 29.9 Å². The minimum atomic E-state index is 0.147. The molecule has 1 aromatic carbocycles. The zero-order chi connectivity index (χ0) is 15.6. The van der Waals surface area contributed by atoms with Gasteiger partial charge in [0.05, 0.1) is 22.4 Å². The molecule has 4 heteroatoms. The molecular formula is C17H24BrN3. The molecule has 0 aliphatic carbocycles. The van der Waals surface area contributed by atoms with Gasteiger partial charge in [0.2, 0.25) is 0 Å². The molecule has 1 atom stereocenters. The largest absolute Gasteiger partial charge is 0.308 e. The number of halogens is 1. The van der Waals surface area contributed by atoms with Crippen LogP contribution in [-0.2, 0) is 6.54 Å². The number of hydrogen-bond donors (Lipinski definition) is 1. The quantitative estimate of drug-likeness (QED) is 0.872. The average Bonchev–Trinajstić information content (AvgIpc) is 2.75. The van der Waals surface area contributed by atoms with Crippen molar-refractivity contribution in [2.45, 2.75) is 46.7 Å². The summed E-state index contributed by atoms with van der Waals surface area (Å²) < 4.78 is 3.17. The molecule has 1 N–H and O–H groups in total. The predicted octanol–water partition coefficient (Wildman–Crippen LogP) is 4.29. The number of benzene rings is 1. The van der Waals surface area contributed by atoms with Gasteiger partial charge in [-0.25, -0.2) is 0 Å². The summed E-state index contributed by atoms with van der Waals surface area (Å²) in [5, 5.41) is 7.98. The molecule has 0 saturated carbocycles. The Hall–Kier alpha value is -1.13. The summed E-state index contributed by atoms with van der Waals surface area (Å²) in [7, 11) is 2.01. The average molecular weight is 350 g/mol. The fourth-order valence-electron chi connectivity index (χ4n) is 3.11. The Bertz CT molecular complexity index is 608. The van der Waals surface area contributed by atoms with Crippen molar-refractivity contribution in [1.82, 2.24) is 15.1 Å². The fourth-order valence-corrected chi connectivity index (χ4v) is 3.64. The zero-order valence-corrected chi connectivity index (χ0v) is 15.1. The van der Waals surface area contributed by atoms with Crippen molar-refractivity contribution in [3.63, 3.8) is 0 Å². The van der Waals surface area contributed by atoms with Gasteiger partial charge < -0.3 is 5.32 Å². The molecule has 0 aliphatic heterocycles. The van der Waals surface area contributed by atoms with Crippen molar-refractivity contribution >= 4 is 15.9 Å². The lowest BCUT2D eigenvalue weighted by Gasteiger charge is -2.23. The molecule has 1 unspecified atom stereocenters. The first-order valence-corrected chi connectivity index (χ1v) is 8.25. The van der Waals surface area contributed by atoms with Crippen LogP contribution in [0.25, 0.3) is 0 Å². The van der Waals surface area contributed by atoms with E-state index in [4.69, 9.17) is 0 Å². The van der Waals surface area contributed by atoms with E-state index < -0.39 is 0 Å². The maximum atomic E-state index is 4.51. The van der Waals surface area contributed by atoms with E-state index in [0.717, 1.165) is 17.4 Å². The number of aromatic nitrogens is 2. The molecule has 1 heterocycles.